The van der Waals surface area contributed by atoms with Crippen LogP contribution in [-0.2, 0) is 4.79 Å². The van der Waals surface area contributed by atoms with E-state index in [0.717, 1.165) is 12.0 Å². The number of hydrogen-bond acceptors (Lipinski definition) is 2. The van der Waals surface area contributed by atoms with E-state index in [2.05, 4.69) is 5.32 Å². The summed E-state index contributed by atoms with van der Waals surface area (Å²) in [6, 6.07) is 5.30. The van der Waals surface area contributed by atoms with Gasteiger partial charge in [-0.2, -0.15) is 0 Å². The van der Waals surface area contributed by atoms with Crippen LogP contribution in [0.3, 0.4) is 0 Å². The van der Waals surface area contributed by atoms with Gasteiger partial charge in [0.15, 0.2) is 0 Å². The average Bonchev–Trinajstić information content (AvgIpc) is 2.26. The quantitative estimate of drug-likeness (QED) is 0.873. The summed E-state index contributed by atoms with van der Waals surface area (Å²) in [6.07, 6.45) is 0.790. The predicted molar refractivity (Wildman–Crippen MR) is 75.9 cm³/mol. The summed E-state index contributed by atoms with van der Waals surface area (Å²) in [5, 5.41) is 4.39. The number of carbonyl (C=O) groups is 1. The van der Waals surface area contributed by atoms with Crippen LogP contribution in [0.15, 0.2) is 18.2 Å². The normalized spacial score (nSPS) is 13.4. The number of nitrogens with two attached hydrogens (primary N) is 1. The monoisotopic (exact) mass is 288 g/mol. The van der Waals surface area contributed by atoms with Crippen LogP contribution in [0.5, 0.6) is 0 Å². The van der Waals surface area contributed by atoms with Gasteiger partial charge in [0.1, 0.15) is 0 Å². The third-order valence-corrected chi connectivity index (χ3v) is 3.46. The second-order valence-electron chi connectivity index (χ2n) is 4.76. The third-order valence-electron chi connectivity index (χ3n) is 2.90. The fraction of sp³-hybridized carbons (Fsp3) is 0.462. The van der Waals surface area contributed by atoms with Crippen molar-refractivity contribution in [3.05, 3.63) is 33.8 Å². The molecule has 1 unspecified atom stereocenters. The van der Waals surface area contributed by atoms with Gasteiger partial charge in [-0.05, 0) is 38.0 Å². The van der Waals surface area contributed by atoms with E-state index in [9.17, 15) is 4.79 Å². The standard InChI is InChI=1S/C13H18Cl2N2O/c1-4-11(17-13(2,3)12(16)18)9-6-5-8(14)7-10(9)15/h5-7,11,17H,4H2,1-3H3,(H2,16,18). The Morgan fingerprint density at radius 1 is 1.44 bits per heavy atom. The minimum absolute atomic E-state index is 0.0442. The molecule has 0 spiro atoms. The predicted octanol–water partition coefficient (Wildman–Crippen LogP) is 3.30. The molecule has 0 fully saturated rings. The molecule has 100 valence electrons. The van der Waals surface area contributed by atoms with Crippen LogP contribution in [0.2, 0.25) is 10.0 Å². The molecule has 1 aromatic carbocycles. The lowest BCUT2D eigenvalue weighted by atomic mass is 9.98. The average molecular weight is 289 g/mol. The Kier molecular flexibility index (Phi) is 5.02. The van der Waals surface area contributed by atoms with E-state index in [1.807, 2.05) is 13.0 Å². The van der Waals surface area contributed by atoms with Crippen molar-refractivity contribution in [2.45, 2.75) is 38.8 Å². The summed E-state index contributed by atoms with van der Waals surface area (Å²) in [7, 11) is 0. The molecule has 1 rings (SSSR count). The molecule has 0 heterocycles. The van der Waals surface area contributed by atoms with E-state index in [-0.39, 0.29) is 6.04 Å². The molecule has 0 saturated heterocycles. The van der Waals surface area contributed by atoms with Gasteiger partial charge in [-0.25, -0.2) is 0 Å². The van der Waals surface area contributed by atoms with Gasteiger partial charge in [-0.3, -0.25) is 10.1 Å². The van der Waals surface area contributed by atoms with Crippen molar-refractivity contribution in [1.29, 1.82) is 0 Å². The smallest absolute Gasteiger partial charge is 0.237 e. The van der Waals surface area contributed by atoms with E-state index in [0.29, 0.717) is 10.0 Å². The molecule has 0 aliphatic rings. The first-order valence-electron chi connectivity index (χ1n) is 5.80. The van der Waals surface area contributed by atoms with E-state index in [4.69, 9.17) is 28.9 Å². The van der Waals surface area contributed by atoms with Crippen molar-refractivity contribution in [2.75, 3.05) is 0 Å². The van der Waals surface area contributed by atoms with Gasteiger partial charge in [-0.1, -0.05) is 36.2 Å². The number of amides is 1. The number of rotatable bonds is 5. The molecule has 1 amide bonds. The second-order valence-corrected chi connectivity index (χ2v) is 5.60. The first-order valence-corrected chi connectivity index (χ1v) is 6.56. The number of benzene rings is 1. The van der Waals surface area contributed by atoms with Crippen molar-refractivity contribution in [2.24, 2.45) is 5.73 Å². The zero-order valence-electron chi connectivity index (χ0n) is 10.8. The first-order chi connectivity index (χ1) is 8.27. The zero-order valence-corrected chi connectivity index (χ0v) is 12.3. The van der Waals surface area contributed by atoms with E-state index in [1.54, 1.807) is 26.0 Å². The number of carbonyl (C=O) groups excluding carboxylic acids is 1. The zero-order chi connectivity index (χ0) is 13.9. The summed E-state index contributed by atoms with van der Waals surface area (Å²) in [6.45, 7) is 5.52. The summed E-state index contributed by atoms with van der Waals surface area (Å²) in [5.74, 6) is -0.397. The van der Waals surface area contributed by atoms with Crippen molar-refractivity contribution in [3.8, 4) is 0 Å². The molecule has 1 aromatic rings. The molecule has 3 N–H and O–H groups in total. The summed E-state index contributed by atoms with van der Waals surface area (Å²) >= 11 is 12.0. The number of primary amides is 1. The number of halogens is 2. The molecule has 5 heteroatoms. The van der Waals surface area contributed by atoms with Crippen molar-refractivity contribution < 1.29 is 4.79 Å². The largest absolute Gasteiger partial charge is 0.368 e. The van der Waals surface area contributed by atoms with Gasteiger partial charge < -0.3 is 5.73 Å². The highest BCUT2D eigenvalue weighted by molar-refractivity contribution is 6.35. The minimum Gasteiger partial charge on any atom is -0.368 e. The Labute approximate surface area is 118 Å². The minimum atomic E-state index is -0.788. The molecule has 0 aliphatic heterocycles. The maximum absolute atomic E-state index is 11.3. The van der Waals surface area contributed by atoms with Gasteiger partial charge >= 0.3 is 0 Å². The Morgan fingerprint density at radius 3 is 2.50 bits per heavy atom. The van der Waals surface area contributed by atoms with Crippen LogP contribution in [-0.4, -0.2) is 11.4 Å². The summed E-state index contributed by atoms with van der Waals surface area (Å²) < 4.78 is 0. The SMILES string of the molecule is CCC(NC(C)(C)C(N)=O)c1ccc(Cl)cc1Cl. The Balaban J connectivity index is 3.00. The summed E-state index contributed by atoms with van der Waals surface area (Å²) in [5.41, 5.74) is 5.48. The van der Waals surface area contributed by atoms with Crippen LogP contribution in [0.25, 0.3) is 0 Å². The number of nitrogens with one attached hydrogen (secondary N) is 1. The molecular formula is C13H18Cl2N2O. The van der Waals surface area contributed by atoms with Gasteiger partial charge in [0.25, 0.3) is 0 Å². The Bertz CT molecular complexity index is 447. The fourth-order valence-corrected chi connectivity index (χ4v) is 2.23. The third kappa shape index (κ3) is 3.61. The highest BCUT2D eigenvalue weighted by Crippen LogP contribution is 2.29. The van der Waals surface area contributed by atoms with Crippen molar-refractivity contribution in [1.82, 2.24) is 5.32 Å². The van der Waals surface area contributed by atoms with Gasteiger partial charge in [0.05, 0.1) is 5.54 Å². The Hall–Kier alpha value is -0.770. The molecule has 1 atom stereocenters. The van der Waals surface area contributed by atoms with Gasteiger partial charge in [0, 0.05) is 16.1 Å². The topological polar surface area (TPSA) is 55.1 Å². The maximum Gasteiger partial charge on any atom is 0.237 e. The molecule has 0 aliphatic carbocycles. The first kappa shape index (κ1) is 15.3. The maximum atomic E-state index is 11.3. The van der Waals surface area contributed by atoms with E-state index < -0.39 is 11.4 Å². The van der Waals surface area contributed by atoms with Gasteiger partial charge in [-0.15, -0.1) is 0 Å². The molecule has 0 bridgehead atoms. The van der Waals surface area contributed by atoms with Crippen LogP contribution in [0.1, 0.15) is 38.8 Å². The second kappa shape index (κ2) is 5.91. The van der Waals surface area contributed by atoms with E-state index in [1.165, 1.54) is 0 Å². The van der Waals surface area contributed by atoms with Crippen molar-refractivity contribution >= 4 is 29.1 Å². The molecule has 3 nitrogen and oxygen atoms in total. The Morgan fingerprint density at radius 2 is 2.06 bits per heavy atom. The highest BCUT2D eigenvalue weighted by Gasteiger charge is 2.28. The highest BCUT2D eigenvalue weighted by atomic mass is 35.5. The van der Waals surface area contributed by atoms with Crippen LogP contribution in [0.4, 0.5) is 0 Å². The lowest BCUT2D eigenvalue weighted by Crippen LogP contribution is -2.51. The molecule has 0 radical (unpaired) electrons. The van der Waals surface area contributed by atoms with Crippen LogP contribution >= 0.6 is 23.2 Å². The van der Waals surface area contributed by atoms with E-state index >= 15 is 0 Å². The fourth-order valence-electron chi connectivity index (χ4n) is 1.69. The molecule has 18 heavy (non-hydrogen) atoms. The van der Waals surface area contributed by atoms with Crippen LogP contribution < -0.4 is 11.1 Å². The molecular weight excluding hydrogens is 271 g/mol. The molecule has 0 aromatic heterocycles. The van der Waals surface area contributed by atoms with Gasteiger partial charge in [0.2, 0.25) is 5.91 Å². The molecule has 0 saturated carbocycles. The number of hydrogen-bond donors (Lipinski definition) is 2. The summed E-state index contributed by atoms with van der Waals surface area (Å²) in [4.78, 5) is 11.3. The lowest BCUT2D eigenvalue weighted by molar-refractivity contribution is -0.123. The van der Waals surface area contributed by atoms with Crippen molar-refractivity contribution in [3.63, 3.8) is 0 Å². The van der Waals surface area contributed by atoms with Crippen LogP contribution in [0, 0.1) is 0 Å². The lowest BCUT2D eigenvalue weighted by Gasteiger charge is -2.29.